The third kappa shape index (κ3) is 2.79. The first-order valence-corrected chi connectivity index (χ1v) is 3.25. The van der Waals surface area contributed by atoms with Gasteiger partial charge in [-0.05, 0) is 0 Å². The molecule has 2 aromatic heterocycles. The van der Waals surface area contributed by atoms with Crippen molar-refractivity contribution in [2.24, 2.45) is 0 Å². The van der Waals surface area contributed by atoms with Gasteiger partial charge in [-0.25, -0.2) is 0 Å². The quantitative estimate of drug-likeness (QED) is 0.623. The summed E-state index contributed by atoms with van der Waals surface area (Å²) in [5.74, 6) is 0. The van der Waals surface area contributed by atoms with Gasteiger partial charge in [0.05, 0.1) is 6.61 Å². The molecule has 0 aliphatic heterocycles. The largest absolute Gasteiger partial charge is 0.534 e. The van der Waals surface area contributed by atoms with Crippen LogP contribution in [-0.2, 0) is 39.3 Å². The molecule has 2 radical (unpaired) electrons. The normalized spacial score (nSPS) is 9.00. The molecule has 5 heteroatoms. The Kier molecular flexibility index (Phi) is 5.85. The summed E-state index contributed by atoms with van der Waals surface area (Å²) in [7, 11) is 0. The smallest absolute Gasteiger partial charge is 0.0737 e. The van der Waals surface area contributed by atoms with Crippen LogP contribution in [0.2, 0.25) is 0 Å². The van der Waals surface area contributed by atoms with Gasteiger partial charge < -0.3 is 9.52 Å². The van der Waals surface area contributed by atoms with Crippen molar-refractivity contribution in [1.82, 2.24) is 4.98 Å². The maximum absolute atomic E-state index is 8.73. The zero-order chi connectivity index (χ0) is 7.68. The molecular formula is C8H6AmNO2Y-. The fraction of sp³-hybridized carbons (Fsp3) is 0.125. The average Bonchev–Trinajstić information content (AvgIpc) is 2.50. The molecule has 0 amide bonds. The Morgan fingerprint density at radius 3 is 3.00 bits per heavy atom. The topological polar surface area (TPSA) is 46.3 Å². The predicted molar refractivity (Wildman–Crippen MR) is 38.8 cm³/mol. The summed E-state index contributed by atoms with van der Waals surface area (Å²) in [4.78, 5) is 3.93. The summed E-state index contributed by atoms with van der Waals surface area (Å²) >= 11 is 0. The molecule has 3 nitrogen and oxygen atoms in total. The summed E-state index contributed by atoms with van der Waals surface area (Å²) in [6.07, 6.45) is 3.06. The summed E-state index contributed by atoms with van der Waals surface area (Å²) in [6.45, 7) is -0.0467. The van der Waals surface area contributed by atoms with Crippen LogP contribution in [0, 0.1) is 20.3 Å². The molecule has 0 saturated heterocycles. The molecule has 0 aliphatic rings. The summed E-state index contributed by atoms with van der Waals surface area (Å²) in [5.41, 5.74) is 1.33. The number of aliphatic hydroxyl groups is 1. The van der Waals surface area contributed by atoms with Gasteiger partial charge in [-0.15, -0.1) is 17.5 Å². The molecule has 0 spiro atoms. The molecular weight excluding hydrogens is 474 g/mol. The molecule has 0 bridgehead atoms. The summed E-state index contributed by atoms with van der Waals surface area (Å²) < 4.78 is 5.02. The molecule has 0 aliphatic carbocycles. The van der Waals surface area contributed by atoms with Crippen LogP contribution >= 0.6 is 0 Å². The fourth-order valence-electron chi connectivity index (χ4n) is 0.936. The molecule has 0 saturated carbocycles. The van der Waals surface area contributed by atoms with E-state index >= 15 is 0 Å². The Bertz CT molecular complexity index is 377. The van der Waals surface area contributed by atoms with E-state index in [1.165, 1.54) is 6.26 Å². The van der Waals surface area contributed by atoms with E-state index in [9.17, 15) is 0 Å². The van der Waals surface area contributed by atoms with Crippen molar-refractivity contribution >= 4 is 11.0 Å². The zero-order valence-electron chi connectivity index (χ0n) is 6.70. The van der Waals surface area contributed by atoms with Crippen molar-refractivity contribution in [3.8, 4) is 0 Å². The van der Waals surface area contributed by atoms with E-state index in [1.54, 1.807) is 12.3 Å². The number of aliphatic hydroxyl groups excluding tert-OH is 1. The number of hydrogen-bond acceptors (Lipinski definition) is 3. The Morgan fingerprint density at radius 1 is 1.54 bits per heavy atom. The van der Waals surface area contributed by atoms with Crippen LogP contribution in [0.4, 0.5) is 0 Å². The van der Waals surface area contributed by atoms with Crippen molar-refractivity contribution in [2.45, 2.75) is 6.61 Å². The van der Waals surface area contributed by atoms with Crippen LogP contribution in [0.25, 0.3) is 11.0 Å². The molecule has 0 fully saturated rings. The van der Waals surface area contributed by atoms with E-state index < -0.39 is 0 Å². The first-order valence-electron chi connectivity index (χ1n) is 3.25. The second kappa shape index (κ2) is 5.79. The Balaban J connectivity index is 0.000000720. The van der Waals surface area contributed by atoms with Gasteiger partial charge in [0.25, 0.3) is 0 Å². The van der Waals surface area contributed by atoms with Gasteiger partial charge >= 0.3 is 0 Å². The van der Waals surface area contributed by atoms with E-state index in [0.717, 1.165) is 5.39 Å². The first kappa shape index (κ1) is 13.1. The first-order chi connectivity index (χ1) is 5.40. The van der Waals surface area contributed by atoms with Crippen molar-refractivity contribution in [3.05, 3.63) is 30.3 Å². The van der Waals surface area contributed by atoms with Crippen LogP contribution in [0.3, 0.4) is 0 Å². The number of nitrogens with zero attached hydrogens (tertiary/aromatic N) is 1. The van der Waals surface area contributed by atoms with E-state index in [2.05, 4.69) is 11.1 Å². The number of furan rings is 1. The van der Waals surface area contributed by atoms with Crippen LogP contribution in [0.5, 0.6) is 0 Å². The third-order valence-corrected chi connectivity index (χ3v) is 1.49. The number of hydrogen-bond donors (Lipinski definition) is 1. The minimum Gasteiger partial charge on any atom is -0.534 e. The van der Waals surface area contributed by atoms with Gasteiger partial charge in [0, 0.05) is 70.7 Å². The molecule has 2 aromatic rings. The van der Waals surface area contributed by atoms with Crippen molar-refractivity contribution in [3.63, 3.8) is 0 Å². The number of aromatic nitrogens is 1. The molecule has 2 rings (SSSR count). The minimum atomic E-state index is -0.0467. The standard InChI is InChI=1S/C8H6NO2.Am.Y/c10-5-7-3-6-1-2-11-8(6)4-9-7;;/h2-4,10H,5H2;;/q-1;;. The number of pyridine rings is 1. The Morgan fingerprint density at radius 2 is 2.31 bits per heavy atom. The van der Waals surface area contributed by atoms with Crippen LogP contribution in [0.15, 0.2) is 22.9 Å². The molecule has 0 atom stereocenters. The van der Waals surface area contributed by atoms with E-state index in [1.807, 2.05) is 0 Å². The maximum atomic E-state index is 8.73. The van der Waals surface area contributed by atoms with Gasteiger partial charge in [0.1, 0.15) is 0 Å². The molecule has 1 N–H and O–H groups in total. The summed E-state index contributed by atoms with van der Waals surface area (Å²) in [6, 6.07) is 4.63. The van der Waals surface area contributed by atoms with E-state index in [4.69, 9.17) is 9.52 Å². The van der Waals surface area contributed by atoms with Gasteiger partial charge in [0.15, 0.2) is 0 Å². The predicted octanol–water partition coefficient (Wildman–Crippen LogP) is 1.12. The van der Waals surface area contributed by atoms with Crippen molar-refractivity contribution < 1.29 is 56.5 Å². The SMILES string of the molecule is OCc1cc2[c-]coc2cn1.[Am].[Y]. The monoisotopic (exact) mass is 478 g/mol. The fourth-order valence-corrected chi connectivity index (χ4v) is 0.936. The van der Waals surface area contributed by atoms with Crippen LogP contribution in [-0.4, -0.2) is 10.1 Å². The van der Waals surface area contributed by atoms with E-state index in [0.29, 0.717) is 11.3 Å². The molecule has 0 unspecified atom stereocenters. The van der Waals surface area contributed by atoms with Crippen LogP contribution < -0.4 is 0 Å². The number of rotatable bonds is 1. The maximum Gasteiger partial charge on any atom is 0.0737 e. The number of fused-ring (bicyclic) bond motifs is 1. The second-order valence-electron chi connectivity index (χ2n) is 2.21. The molecule has 2 heterocycles. The van der Waals surface area contributed by atoms with Gasteiger partial charge in [-0.1, -0.05) is 0 Å². The second-order valence-corrected chi connectivity index (χ2v) is 2.21. The van der Waals surface area contributed by atoms with Crippen molar-refractivity contribution in [2.75, 3.05) is 0 Å². The van der Waals surface area contributed by atoms with Gasteiger partial charge in [-0.3, -0.25) is 4.98 Å². The van der Waals surface area contributed by atoms with Gasteiger partial charge in [-0.2, -0.15) is 0 Å². The Hall–Kier alpha value is 0.144. The minimum absolute atomic E-state index is 0. The Labute approximate surface area is 109 Å². The van der Waals surface area contributed by atoms with Gasteiger partial charge in [0.2, 0.25) is 0 Å². The third-order valence-electron chi connectivity index (χ3n) is 1.49. The average molecular weight is 480 g/mol. The van der Waals surface area contributed by atoms with Crippen molar-refractivity contribution in [1.29, 1.82) is 0 Å². The summed E-state index contributed by atoms with van der Waals surface area (Å²) in [5, 5.41) is 9.58. The molecule has 13 heavy (non-hydrogen) atoms. The zero-order valence-corrected chi connectivity index (χ0v) is 12.7. The molecule has 0 aromatic carbocycles. The van der Waals surface area contributed by atoms with E-state index in [-0.39, 0.29) is 53.6 Å². The van der Waals surface area contributed by atoms with Crippen LogP contribution in [0.1, 0.15) is 5.69 Å². The molecule has 66 valence electrons.